The van der Waals surface area contributed by atoms with Crippen LogP contribution in [0.25, 0.3) is 0 Å². The van der Waals surface area contributed by atoms with Crippen LogP contribution < -0.4 is 0 Å². The number of hydrogen-bond acceptors (Lipinski definition) is 5. The third-order valence-electron chi connectivity index (χ3n) is 3.35. The molecule has 0 spiro atoms. The van der Waals surface area contributed by atoms with E-state index in [1.54, 1.807) is 0 Å². The molecule has 5 heteroatoms. The third-order valence-corrected chi connectivity index (χ3v) is 3.35. The van der Waals surface area contributed by atoms with E-state index in [4.69, 9.17) is 14.2 Å². The van der Waals surface area contributed by atoms with Crippen LogP contribution >= 0.6 is 0 Å². The SMILES string of the molecule is OC1C2COC(O2)[C@@H](O)[C@@H]1OCc1ccccc1. The summed E-state index contributed by atoms with van der Waals surface area (Å²) in [5.41, 5.74) is 0.997. The zero-order valence-electron chi connectivity index (χ0n) is 9.81. The van der Waals surface area contributed by atoms with Crippen molar-refractivity contribution >= 4 is 0 Å². The molecule has 18 heavy (non-hydrogen) atoms. The molecule has 0 aliphatic carbocycles. The van der Waals surface area contributed by atoms with E-state index in [0.717, 1.165) is 5.56 Å². The standard InChI is InChI=1S/C13H16O5/c14-10-9-7-17-13(18-9)11(15)12(10)16-6-8-4-2-1-3-5-8/h1-5,9-15H,6-7H2/t9?,10?,11-,12+,13?/m0/s1. The van der Waals surface area contributed by atoms with Crippen LogP contribution in [0, 0.1) is 0 Å². The van der Waals surface area contributed by atoms with Gasteiger partial charge in [0.1, 0.15) is 24.4 Å². The van der Waals surface area contributed by atoms with Gasteiger partial charge in [-0.2, -0.15) is 0 Å². The minimum atomic E-state index is -0.956. The van der Waals surface area contributed by atoms with E-state index in [0.29, 0.717) is 13.2 Å². The van der Waals surface area contributed by atoms with Crippen molar-refractivity contribution in [3.05, 3.63) is 35.9 Å². The van der Waals surface area contributed by atoms with E-state index < -0.39 is 30.7 Å². The Balaban J connectivity index is 1.65. The van der Waals surface area contributed by atoms with Gasteiger partial charge in [-0.25, -0.2) is 0 Å². The topological polar surface area (TPSA) is 68.2 Å². The lowest BCUT2D eigenvalue weighted by Gasteiger charge is -2.35. The van der Waals surface area contributed by atoms with Crippen LogP contribution in [0.5, 0.6) is 0 Å². The lowest BCUT2D eigenvalue weighted by Crippen LogP contribution is -2.54. The fourth-order valence-corrected chi connectivity index (χ4v) is 2.33. The van der Waals surface area contributed by atoms with Gasteiger partial charge in [0.25, 0.3) is 0 Å². The van der Waals surface area contributed by atoms with Crippen molar-refractivity contribution in [2.45, 2.75) is 37.3 Å². The summed E-state index contributed by atoms with van der Waals surface area (Å²) in [5, 5.41) is 20.0. The fourth-order valence-electron chi connectivity index (χ4n) is 2.33. The number of hydrogen-bond donors (Lipinski definition) is 2. The van der Waals surface area contributed by atoms with Crippen LogP contribution in [0.15, 0.2) is 30.3 Å². The monoisotopic (exact) mass is 252 g/mol. The molecule has 0 radical (unpaired) electrons. The Kier molecular flexibility index (Phi) is 3.32. The van der Waals surface area contributed by atoms with Crippen molar-refractivity contribution in [3.8, 4) is 0 Å². The molecule has 98 valence electrons. The molecule has 3 unspecified atom stereocenters. The van der Waals surface area contributed by atoms with E-state index in [1.807, 2.05) is 30.3 Å². The first kappa shape index (κ1) is 12.1. The van der Waals surface area contributed by atoms with Crippen molar-refractivity contribution in [2.24, 2.45) is 0 Å². The van der Waals surface area contributed by atoms with Crippen LogP contribution in [0.2, 0.25) is 0 Å². The molecule has 0 amide bonds. The molecule has 2 fully saturated rings. The highest BCUT2D eigenvalue weighted by Crippen LogP contribution is 2.30. The molecule has 0 saturated carbocycles. The van der Waals surface area contributed by atoms with E-state index in [1.165, 1.54) is 0 Å². The predicted molar refractivity (Wildman–Crippen MR) is 61.6 cm³/mol. The van der Waals surface area contributed by atoms with Gasteiger partial charge in [0, 0.05) is 0 Å². The normalized spacial score (nSPS) is 38.9. The highest BCUT2D eigenvalue weighted by Gasteiger charge is 2.50. The van der Waals surface area contributed by atoms with Crippen LogP contribution in [-0.2, 0) is 20.8 Å². The second-order valence-electron chi connectivity index (χ2n) is 4.62. The van der Waals surface area contributed by atoms with Crippen LogP contribution in [0.1, 0.15) is 5.56 Å². The van der Waals surface area contributed by atoms with Crippen LogP contribution in [0.4, 0.5) is 0 Å². The Morgan fingerprint density at radius 2 is 1.94 bits per heavy atom. The lowest BCUT2D eigenvalue weighted by molar-refractivity contribution is -0.242. The van der Waals surface area contributed by atoms with E-state index in [2.05, 4.69) is 0 Å². The van der Waals surface area contributed by atoms with Gasteiger partial charge in [0.2, 0.25) is 0 Å². The Morgan fingerprint density at radius 3 is 2.72 bits per heavy atom. The highest BCUT2D eigenvalue weighted by molar-refractivity contribution is 5.13. The summed E-state index contributed by atoms with van der Waals surface area (Å²) >= 11 is 0. The molecule has 1 aromatic rings. The smallest absolute Gasteiger partial charge is 0.186 e. The zero-order chi connectivity index (χ0) is 12.5. The maximum Gasteiger partial charge on any atom is 0.186 e. The van der Waals surface area contributed by atoms with Gasteiger partial charge in [-0.1, -0.05) is 30.3 Å². The molecule has 0 aromatic heterocycles. The largest absolute Gasteiger partial charge is 0.387 e. The predicted octanol–water partition coefficient (Wildman–Crippen LogP) is 0.0487. The van der Waals surface area contributed by atoms with Gasteiger partial charge in [-0.15, -0.1) is 0 Å². The van der Waals surface area contributed by atoms with Gasteiger partial charge in [-0.05, 0) is 5.56 Å². The Morgan fingerprint density at radius 1 is 1.17 bits per heavy atom. The molecule has 2 saturated heterocycles. The molecule has 2 bridgehead atoms. The second-order valence-corrected chi connectivity index (χ2v) is 4.62. The molecule has 3 rings (SSSR count). The van der Waals surface area contributed by atoms with E-state index in [9.17, 15) is 10.2 Å². The summed E-state index contributed by atoms with van der Waals surface area (Å²) in [6.45, 7) is 0.646. The number of ether oxygens (including phenoxy) is 3. The summed E-state index contributed by atoms with van der Waals surface area (Å²) < 4.78 is 16.1. The minimum Gasteiger partial charge on any atom is -0.387 e. The van der Waals surface area contributed by atoms with E-state index in [-0.39, 0.29) is 0 Å². The maximum absolute atomic E-state index is 10.0. The van der Waals surface area contributed by atoms with Gasteiger partial charge < -0.3 is 24.4 Å². The average Bonchev–Trinajstić information content (AvgIpc) is 2.85. The number of aliphatic hydroxyl groups is 2. The first-order valence-electron chi connectivity index (χ1n) is 6.04. The first-order valence-corrected chi connectivity index (χ1v) is 6.04. The Hall–Kier alpha value is -0.980. The quantitative estimate of drug-likeness (QED) is 0.795. The first-order chi connectivity index (χ1) is 8.75. The van der Waals surface area contributed by atoms with E-state index >= 15 is 0 Å². The molecular formula is C13H16O5. The summed E-state index contributed by atoms with van der Waals surface area (Å²) in [6.07, 6.45) is -3.57. The molecule has 2 aliphatic rings. The number of benzene rings is 1. The van der Waals surface area contributed by atoms with Crippen molar-refractivity contribution in [1.29, 1.82) is 0 Å². The number of rotatable bonds is 3. The third kappa shape index (κ3) is 2.15. The molecule has 2 heterocycles. The summed E-state index contributed by atoms with van der Waals surface area (Å²) in [6, 6.07) is 9.63. The van der Waals surface area contributed by atoms with Gasteiger partial charge in [0.05, 0.1) is 13.2 Å². The molecule has 1 aromatic carbocycles. The maximum atomic E-state index is 10.0. The molecule has 2 aliphatic heterocycles. The zero-order valence-corrected chi connectivity index (χ0v) is 9.81. The number of fused-ring (bicyclic) bond motifs is 2. The van der Waals surface area contributed by atoms with Crippen LogP contribution in [-0.4, -0.2) is 47.5 Å². The molecule has 5 nitrogen and oxygen atoms in total. The Bertz CT molecular complexity index is 380. The van der Waals surface area contributed by atoms with Gasteiger partial charge in [0.15, 0.2) is 6.29 Å². The number of aliphatic hydroxyl groups excluding tert-OH is 2. The summed E-state index contributed by atoms with van der Waals surface area (Å²) in [5.74, 6) is 0. The Labute approximate surface area is 105 Å². The van der Waals surface area contributed by atoms with Gasteiger partial charge >= 0.3 is 0 Å². The minimum absolute atomic E-state index is 0.300. The lowest BCUT2D eigenvalue weighted by atomic mass is 10.0. The second kappa shape index (κ2) is 4.95. The van der Waals surface area contributed by atoms with Crippen LogP contribution in [0.3, 0.4) is 0 Å². The molecule has 2 N–H and O–H groups in total. The molecular weight excluding hydrogens is 236 g/mol. The molecule has 5 atom stereocenters. The van der Waals surface area contributed by atoms with Crippen molar-refractivity contribution in [1.82, 2.24) is 0 Å². The highest BCUT2D eigenvalue weighted by atomic mass is 16.7. The average molecular weight is 252 g/mol. The summed E-state index contributed by atoms with van der Waals surface area (Å²) in [4.78, 5) is 0. The van der Waals surface area contributed by atoms with Crippen molar-refractivity contribution < 1.29 is 24.4 Å². The van der Waals surface area contributed by atoms with Gasteiger partial charge in [-0.3, -0.25) is 0 Å². The summed E-state index contributed by atoms with van der Waals surface area (Å²) in [7, 11) is 0. The fraction of sp³-hybridized carbons (Fsp3) is 0.538. The van der Waals surface area contributed by atoms with Crippen molar-refractivity contribution in [3.63, 3.8) is 0 Å². The van der Waals surface area contributed by atoms with Crippen molar-refractivity contribution in [2.75, 3.05) is 6.61 Å².